The van der Waals surface area contributed by atoms with Gasteiger partial charge in [-0.3, -0.25) is 4.79 Å². The van der Waals surface area contributed by atoms with Crippen molar-refractivity contribution in [3.63, 3.8) is 0 Å². The predicted molar refractivity (Wildman–Crippen MR) is 73.0 cm³/mol. The van der Waals surface area contributed by atoms with Gasteiger partial charge >= 0.3 is 0 Å². The first-order valence-electron chi connectivity index (χ1n) is 6.93. The van der Waals surface area contributed by atoms with E-state index in [-0.39, 0.29) is 17.6 Å². The van der Waals surface area contributed by atoms with Crippen molar-refractivity contribution in [2.45, 2.75) is 25.7 Å². The van der Waals surface area contributed by atoms with E-state index < -0.39 is 0 Å². The number of hydrogen-bond donors (Lipinski definition) is 2. The topological polar surface area (TPSA) is 55.1 Å². The fourth-order valence-corrected chi connectivity index (χ4v) is 2.78. The van der Waals surface area contributed by atoms with Crippen molar-refractivity contribution in [1.29, 1.82) is 0 Å². The average molecular weight is 264 g/mol. The number of hydrogen-bond acceptors (Lipinski definition) is 2. The molecule has 1 saturated carbocycles. The van der Waals surface area contributed by atoms with Crippen LogP contribution in [-0.2, 0) is 11.2 Å². The van der Waals surface area contributed by atoms with Crippen LogP contribution < -0.4 is 11.1 Å². The minimum absolute atomic E-state index is 0.0817. The summed E-state index contributed by atoms with van der Waals surface area (Å²) in [5, 5.41) is 2.96. The zero-order chi connectivity index (χ0) is 13.7. The number of carbonyl (C=O) groups is 1. The molecule has 1 aliphatic rings. The number of nitrogens with one attached hydrogen (secondary N) is 1. The summed E-state index contributed by atoms with van der Waals surface area (Å²) in [6.07, 6.45) is 3.83. The van der Waals surface area contributed by atoms with Gasteiger partial charge in [-0.1, -0.05) is 18.6 Å². The first-order chi connectivity index (χ1) is 9.20. The quantitative estimate of drug-likeness (QED) is 0.853. The van der Waals surface area contributed by atoms with Crippen LogP contribution in [0.2, 0.25) is 0 Å². The Morgan fingerprint density at radius 1 is 1.32 bits per heavy atom. The second kappa shape index (κ2) is 6.66. The third-order valence-corrected chi connectivity index (χ3v) is 3.92. The van der Waals surface area contributed by atoms with Crippen LogP contribution in [0, 0.1) is 17.7 Å². The Morgan fingerprint density at radius 2 is 2.05 bits per heavy atom. The molecular weight excluding hydrogens is 243 g/mol. The molecule has 0 aromatic heterocycles. The zero-order valence-corrected chi connectivity index (χ0v) is 11.1. The first-order valence-corrected chi connectivity index (χ1v) is 6.93. The third-order valence-electron chi connectivity index (χ3n) is 3.92. The standard InChI is InChI=1S/C15H21FN2O/c16-13-6-4-11(5-7-13)8-9-18-15(19)14-3-1-2-12(14)10-17/h4-7,12,14H,1-3,8-10,17H2,(H,18,19). The van der Waals surface area contributed by atoms with Gasteiger partial charge in [-0.2, -0.15) is 0 Å². The molecule has 19 heavy (non-hydrogen) atoms. The highest BCUT2D eigenvalue weighted by Crippen LogP contribution is 2.30. The van der Waals surface area contributed by atoms with E-state index in [2.05, 4.69) is 5.32 Å². The number of benzene rings is 1. The zero-order valence-electron chi connectivity index (χ0n) is 11.1. The second-order valence-electron chi connectivity index (χ2n) is 5.20. The Balaban J connectivity index is 1.76. The highest BCUT2D eigenvalue weighted by molar-refractivity contribution is 5.79. The maximum absolute atomic E-state index is 12.7. The molecule has 0 spiro atoms. The van der Waals surface area contributed by atoms with Crippen LogP contribution in [0.25, 0.3) is 0 Å². The van der Waals surface area contributed by atoms with Crippen LogP contribution in [0.3, 0.4) is 0 Å². The molecule has 2 rings (SSSR count). The molecule has 4 heteroatoms. The average Bonchev–Trinajstić information content (AvgIpc) is 2.89. The van der Waals surface area contributed by atoms with E-state index in [4.69, 9.17) is 5.73 Å². The highest BCUT2D eigenvalue weighted by atomic mass is 19.1. The molecule has 3 N–H and O–H groups in total. The van der Waals surface area contributed by atoms with Crippen LogP contribution in [0.1, 0.15) is 24.8 Å². The molecule has 104 valence electrons. The lowest BCUT2D eigenvalue weighted by atomic mass is 9.95. The van der Waals surface area contributed by atoms with E-state index in [1.54, 1.807) is 12.1 Å². The lowest BCUT2D eigenvalue weighted by Crippen LogP contribution is -2.36. The van der Waals surface area contributed by atoms with Crippen molar-refractivity contribution in [3.8, 4) is 0 Å². The molecule has 0 saturated heterocycles. The SMILES string of the molecule is NCC1CCCC1C(=O)NCCc1ccc(F)cc1. The van der Waals surface area contributed by atoms with E-state index >= 15 is 0 Å². The van der Waals surface area contributed by atoms with Crippen LogP contribution >= 0.6 is 0 Å². The van der Waals surface area contributed by atoms with Gasteiger partial charge in [0.15, 0.2) is 0 Å². The molecule has 3 nitrogen and oxygen atoms in total. The predicted octanol–water partition coefficient (Wildman–Crippen LogP) is 1.86. The first kappa shape index (κ1) is 14.0. The molecule has 1 aromatic rings. The van der Waals surface area contributed by atoms with Crippen molar-refractivity contribution in [3.05, 3.63) is 35.6 Å². The monoisotopic (exact) mass is 264 g/mol. The van der Waals surface area contributed by atoms with Crippen molar-refractivity contribution in [2.24, 2.45) is 17.6 Å². The minimum Gasteiger partial charge on any atom is -0.356 e. The van der Waals surface area contributed by atoms with Gasteiger partial charge in [0, 0.05) is 12.5 Å². The van der Waals surface area contributed by atoms with Gasteiger partial charge in [-0.05, 0) is 49.4 Å². The number of nitrogens with two attached hydrogens (primary N) is 1. The Labute approximate surface area is 113 Å². The van der Waals surface area contributed by atoms with Gasteiger partial charge in [0.2, 0.25) is 5.91 Å². The summed E-state index contributed by atoms with van der Waals surface area (Å²) in [6.45, 7) is 1.19. The van der Waals surface area contributed by atoms with Crippen molar-refractivity contribution < 1.29 is 9.18 Å². The molecule has 0 heterocycles. The van der Waals surface area contributed by atoms with E-state index in [1.165, 1.54) is 12.1 Å². The Bertz CT molecular complexity index is 419. The Hall–Kier alpha value is -1.42. The van der Waals surface area contributed by atoms with Crippen LogP contribution in [-0.4, -0.2) is 19.0 Å². The number of halogens is 1. The maximum Gasteiger partial charge on any atom is 0.223 e. The smallest absolute Gasteiger partial charge is 0.223 e. The molecule has 0 aliphatic heterocycles. The second-order valence-corrected chi connectivity index (χ2v) is 5.20. The maximum atomic E-state index is 12.7. The summed E-state index contributed by atoms with van der Waals surface area (Å²) < 4.78 is 12.7. The molecule has 1 fully saturated rings. The number of carbonyl (C=O) groups excluding carboxylic acids is 1. The van der Waals surface area contributed by atoms with E-state index in [9.17, 15) is 9.18 Å². The number of rotatable bonds is 5. The van der Waals surface area contributed by atoms with Gasteiger partial charge in [0.25, 0.3) is 0 Å². The van der Waals surface area contributed by atoms with Crippen LogP contribution in [0.15, 0.2) is 24.3 Å². The lowest BCUT2D eigenvalue weighted by molar-refractivity contribution is -0.125. The summed E-state index contributed by atoms with van der Waals surface area (Å²) >= 11 is 0. The van der Waals surface area contributed by atoms with Crippen LogP contribution in [0.5, 0.6) is 0 Å². The summed E-state index contributed by atoms with van der Waals surface area (Å²) in [7, 11) is 0. The fourth-order valence-electron chi connectivity index (χ4n) is 2.78. The summed E-state index contributed by atoms with van der Waals surface area (Å²) in [5.74, 6) is 0.309. The van der Waals surface area contributed by atoms with Gasteiger partial charge < -0.3 is 11.1 Å². The molecule has 1 amide bonds. The van der Waals surface area contributed by atoms with Crippen molar-refractivity contribution >= 4 is 5.91 Å². The largest absolute Gasteiger partial charge is 0.356 e. The van der Waals surface area contributed by atoms with Gasteiger partial charge in [0.05, 0.1) is 0 Å². The van der Waals surface area contributed by atoms with E-state index in [0.29, 0.717) is 19.0 Å². The fraction of sp³-hybridized carbons (Fsp3) is 0.533. The molecule has 2 atom stereocenters. The molecule has 1 aromatic carbocycles. The lowest BCUT2D eigenvalue weighted by Gasteiger charge is -2.17. The van der Waals surface area contributed by atoms with Gasteiger partial charge in [-0.25, -0.2) is 4.39 Å². The summed E-state index contributed by atoms with van der Waals surface area (Å²) in [4.78, 5) is 12.0. The van der Waals surface area contributed by atoms with Gasteiger partial charge in [0.1, 0.15) is 5.82 Å². The van der Waals surface area contributed by atoms with Gasteiger partial charge in [-0.15, -0.1) is 0 Å². The van der Waals surface area contributed by atoms with E-state index in [0.717, 1.165) is 31.2 Å². The minimum atomic E-state index is -0.232. The van der Waals surface area contributed by atoms with Crippen molar-refractivity contribution in [1.82, 2.24) is 5.32 Å². The van der Waals surface area contributed by atoms with E-state index in [1.807, 2.05) is 0 Å². The normalized spacial score (nSPS) is 22.4. The molecule has 0 bridgehead atoms. The summed E-state index contributed by atoms with van der Waals surface area (Å²) in [6, 6.07) is 6.39. The Kier molecular flexibility index (Phi) is 4.91. The molecule has 0 radical (unpaired) electrons. The molecule has 2 unspecified atom stereocenters. The van der Waals surface area contributed by atoms with Crippen LogP contribution in [0.4, 0.5) is 4.39 Å². The molecule has 1 aliphatic carbocycles. The third kappa shape index (κ3) is 3.77. The number of amides is 1. The summed E-state index contributed by atoms with van der Waals surface area (Å²) in [5.41, 5.74) is 6.71. The Morgan fingerprint density at radius 3 is 2.74 bits per heavy atom. The highest BCUT2D eigenvalue weighted by Gasteiger charge is 2.31. The van der Waals surface area contributed by atoms with Crippen molar-refractivity contribution in [2.75, 3.05) is 13.1 Å². The molecular formula is C15H21FN2O.